The molecular weight excluding hydrogens is 259 g/mol. The molecule has 0 aliphatic heterocycles. The summed E-state index contributed by atoms with van der Waals surface area (Å²) in [6.45, 7) is 0. The highest BCUT2D eigenvalue weighted by atomic mass is 19.1. The highest BCUT2D eigenvalue weighted by Gasteiger charge is 2.19. The fourth-order valence-corrected chi connectivity index (χ4v) is 2.42. The van der Waals surface area contributed by atoms with E-state index in [4.69, 9.17) is 0 Å². The molecule has 2 aromatic rings. The van der Waals surface area contributed by atoms with Crippen molar-refractivity contribution in [3.8, 4) is 5.69 Å². The predicted molar refractivity (Wildman–Crippen MR) is 71.0 cm³/mol. The molecule has 0 unspecified atom stereocenters. The minimum atomic E-state index is -0.312. The summed E-state index contributed by atoms with van der Waals surface area (Å²) >= 11 is 0. The molecule has 1 aliphatic rings. The van der Waals surface area contributed by atoms with E-state index in [2.05, 4.69) is 15.6 Å². The first-order chi connectivity index (χ1) is 9.72. The smallest absolute Gasteiger partial charge is 0.273 e. The van der Waals surface area contributed by atoms with Crippen molar-refractivity contribution in [3.63, 3.8) is 0 Å². The molecule has 5 nitrogen and oxygen atoms in total. The van der Waals surface area contributed by atoms with Crippen molar-refractivity contribution in [2.24, 2.45) is 0 Å². The molecule has 1 N–H and O–H groups in total. The van der Waals surface area contributed by atoms with E-state index < -0.39 is 0 Å². The fourth-order valence-electron chi connectivity index (χ4n) is 2.42. The molecule has 1 amide bonds. The predicted octanol–water partition coefficient (Wildman–Crippen LogP) is 2.08. The Morgan fingerprint density at radius 1 is 1.25 bits per heavy atom. The molecular formula is C14H15FN4O. The lowest BCUT2D eigenvalue weighted by Gasteiger charge is -2.09. The molecule has 0 spiro atoms. The number of rotatable bonds is 3. The second kappa shape index (κ2) is 5.40. The lowest BCUT2D eigenvalue weighted by atomic mass is 10.2. The molecule has 1 aromatic carbocycles. The Kier molecular flexibility index (Phi) is 3.45. The summed E-state index contributed by atoms with van der Waals surface area (Å²) in [5.74, 6) is -0.515. The van der Waals surface area contributed by atoms with E-state index in [1.165, 1.54) is 16.8 Å². The highest BCUT2D eigenvalue weighted by molar-refractivity contribution is 5.92. The van der Waals surface area contributed by atoms with Crippen LogP contribution in [0.25, 0.3) is 5.69 Å². The van der Waals surface area contributed by atoms with E-state index in [0.717, 1.165) is 25.7 Å². The summed E-state index contributed by atoms with van der Waals surface area (Å²) in [6.07, 6.45) is 5.92. The zero-order valence-electron chi connectivity index (χ0n) is 10.9. The molecule has 20 heavy (non-hydrogen) atoms. The number of nitrogens with one attached hydrogen (secondary N) is 1. The number of carbonyl (C=O) groups is 1. The van der Waals surface area contributed by atoms with Gasteiger partial charge in [-0.15, -0.1) is 5.10 Å². The van der Waals surface area contributed by atoms with Crippen molar-refractivity contribution < 1.29 is 9.18 Å². The molecule has 0 atom stereocenters. The van der Waals surface area contributed by atoms with E-state index in [1.54, 1.807) is 18.3 Å². The van der Waals surface area contributed by atoms with Crippen LogP contribution in [0.2, 0.25) is 0 Å². The summed E-state index contributed by atoms with van der Waals surface area (Å²) in [6, 6.07) is 6.11. The zero-order chi connectivity index (χ0) is 13.9. The summed E-state index contributed by atoms with van der Waals surface area (Å²) in [5.41, 5.74) is 0.944. The lowest BCUT2D eigenvalue weighted by molar-refractivity contribution is 0.0932. The Balaban J connectivity index is 1.72. The van der Waals surface area contributed by atoms with Crippen LogP contribution >= 0.6 is 0 Å². The van der Waals surface area contributed by atoms with Gasteiger partial charge in [-0.2, -0.15) is 0 Å². The second-order valence-corrected chi connectivity index (χ2v) is 4.98. The van der Waals surface area contributed by atoms with Crippen LogP contribution in [0.5, 0.6) is 0 Å². The molecule has 1 aliphatic carbocycles. The standard InChI is InChI=1S/C14H15FN4O/c15-10-5-7-12(8-6-10)19-9-13(17-18-19)14(20)16-11-3-1-2-4-11/h5-9,11H,1-4H2,(H,16,20). The van der Waals surface area contributed by atoms with E-state index in [-0.39, 0.29) is 23.5 Å². The van der Waals surface area contributed by atoms with Gasteiger partial charge in [-0.1, -0.05) is 18.1 Å². The van der Waals surface area contributed by atoms with Crippen molar-refractivity contribution in [1.82, 2.24) is 20.3 Å². The topological polar surface area (TPSA) is 59.8 Å². The second-order valence-electron chi connectivity index (χ2n) is 4.98. The third kappa shape index (κ3) is 2.68. The number of carbonyl (C=O) groups excluding carboxylic acids is 1. The van der Waals surface area contributed by atoms with Crippen LogP contribution in [0, 0.1) is 5.82 Å². The maximum atomic E-state index is 12.9. The summed E-state index contributed by atoms with van der Waals surface area (Å²) in [5, 5.41) is 10.7. The molecule has 104 valence electrons. The summed E-state index contributed by atoms with van der Waals surface area (Å²) in [7, 11) is 0. The lowest BCUT2D eigenvalue weighted by Crippen LogP contribution is -2.32. The van der Waals surface area contributed by atoms with Gasteiger partial charge in [-0.05, 0) is 37.1 Å². The SMILES string of the molecule is O=C(NC1CCCC1)c1cn(-c2ccc(F)cc2)nn1. The molecule has 1 aromatic heterocycles. The van der Waals surface area contributed by atoms with Crippen molar-refractivity contribution in [1.29, 1.82) is 0 Å². The maximum absolute atomic E-state index is 12.9. The minimum absolute atomic E-state index is 0.203. The first-order valence-corrected chi connectivity index (χ1v) is 6.71. The highest BCUT2D eigenvalue weighted by Crippen LogP contribution is 2.18. The Morgan fingerprint density at radius 3 is 2.65 bits per heavy atom. The van der Waals surface area contributed by atoms with Gasteiger partial charge in [0.2, 0.25) is 0 Å². The molecule has 6 heteroatoms. The molecule has 1 heterocycles. The van der Waals surface area contributed by atoms with Crippen molar-refractivity contribution >= 4 is 5.91 Å². The fraction of sp³-hybridized carbons (Fsp3) is 0.357. The number of hydrogen-bond donors (Lipinski definition) is 1. The largest absolute Gasteiger partial charge is 0.348 e. The number of hydrogen-bond acceptors (Lipinski definition) is 3. The Hall–Kier alpha value is -2.24. The maximum Gasteiger partial charge on any atom is 0.273 e. The van der Waals surface area contributed by atoms with Gasteiger partial charge in [0.15, 0.2) is 5.69 Å². The van der Waals surface area contributed by atoms with Crippen LogP contribution < -0.4 is 5.32 Å². The average molecular weight is 274 g/mol. The molecule has 0 bridgehead atoms. The third-order valence-corrected chi connectivity index (χ3v) is 3.51. The van der Waals surface area contributed by atoms with E-state index >= 15 is 0 Å². The van der Waals surface area contributed by atoms with Gasteiger partial charge in [-0.3, -0.25) is 4.79 Å². The van der Waals surface area contributed by atoms with Crippen molar-refractivity contribution in [2.45, 2.75) is 31.7 Å². The van der Waals surface area contributed by atoms with Crippen LogP contribution in [0.15, 0.2) is 30.5 Å². The van der Waals surface area contributed by atoms with Gasteiger partial charge in [0.05, 0.1) is 11.9 Å². The quantitative estimate of drug-likeness (QED) is 0.932. The number of aromatic nitrogens is 3. The van der Waals surface area contributed by atoms with Crippen LogP contribution in [-0.2, 0) is 0 Å². The zero-order valence-corrected chi connectivity index (χ0v) is 10.9. The first-order valence-electron chi connectivity index (χ1n) is 6.71. The van der Waals surface area contributed by atoms with Crippen LogP contribution in [0.4, 0.5) is 4.39 Å². The summed E-state index contributed by atoms with van der Waals surface area (Å²) in [4.78, 5) is 12.0. The number of benzene rings is 1. The first kappa shape index (κ1) is 12.8. The van der Waals surface area contributed by atoms with E-state index in [9.17, 15) is 9.18 Å². The van der Waals surface area contributed by atoms with Gasteiger partial charge in [0, 0.05) is 6.04 Å². The number of amides is 1. The molecule has 3 rings (SSSR count). The number of halogens is 1. The van der Waals surface area contributed by atoms with Crippen LogP contribution in [0.1, 0.15) is 36.2 Å². The van der Waals surface area contributed by atoms with Crippen LogP contribution in [0.3, 0.4) is 0 Å². The van der Waals surface area contributed by atoms with Gasteiger partial charge in [0.1, 0.15) is 5.82 Å². The Bertz CT molecular complexity index is 602. The van der Waals surface area contributed by atoms with E-state index in [0.29, 0.717) is 5.69 Å². The monoisotopic (exact) mass is 274 g/mol. The minimum Gasteiger partial charge on any atom is -0.348 e. The van der Waals surface area contributed by atoms with E-state index in [1.807, 2.05) is 0 Å². The molecule has 1 saturated carbocycles. The normalized spacial score (nSPS) is 15.4. The molecule has 0 saturated heterocycles. The van der Waals surface area contributed by atoms with Gasteiger partial charge in [-0.25, -0.2) is 9.07 Å². The van der Waals surface area contributed by atoms with Crippen molar-refractivity contribution in [2.75, 3.05) is 0 Å². The van der Waals surface area contributed by atoms with Crippen LogP contribution in [-0.4, -0.2) is 26.9 Å². The van der Waals surface area contributed by atoms with Gasteiger partial charge < -0.3 is 5.32 Å². The Labute approximate surface area is 115 Å². The summed E-state index contributed by atoms with van der Waals surface area (Å²) < 4.78 is 14.3. The van der Waals surface area contributed by atoms with Crippen molar-refractivity contribution in [3.05, 3.63) is 42.0 Å². The average Bonchev–Trinajstić information content (AvgIpc) is 3.10. The Morgan fingerprint density at radius 2 is 1.95 bits per heavy atom. The molecule has 0 radical (unpaired) electrons. The molecule has 1 fully saturated rings. The van der Waals surface area contributed by atoms with Gasteiger partial charge in [0.25, 0.3) is 5.91 Å². The van der Waals surface area contributed by atoms with Gasteiger partial charge >= 0.3 is 0 Å². The third-order valence-electron chi connectivity index (χ3n) is 3.51. The number of nitrogens with zero attached hydrogens (tertiary/aromatic N) is 3.